The predicted octanol–water partition coefficient (Wildman–Crippen LogP) is 2.84. The molecule has 1 aliphatic carbocycles. The van der Waals surface area contributed by atoms with E-state index in [0.29, 0.717) is 13.1 Å². The summed E-state index contributed by atoms with van der Waals surface area (Å²) in [5, 5.41) is 5.48. The number of ether oxygens (including phenoxy) is 2. The van der Waals surface area contributed by atoms with Gasteiger partial charge in [-0.2, -0.15) is 0 Å². The molecule has 0 aromatic rings. The molecule has 0 spiro atoms. The third kappa shape index (κ3) is 7.33. The van der Waals surface area contributed by atoms with E-state index in [9.17, 15) is 9.59 Å². The van der Waals surface area contributed by atoms with Crippen molar-refractivity contribution in [3.63, 3.8) is 0 Å². The maximum atomic E-state index is 11.6. The number of hydrogen-bond acceptors (Lipinski definition) is 4. The summed E-state index contributed by atoms with van der Waals surface area (Å²) < 4.78 is 10.4. The Kier molecular flexibility index (Phi) is 5.85. The zero-order valence-corrected chi connectivity index (χ0v) is 14.4. The fourth-order valence-corrected chi connectivity index (χ4v) is 1.89. The Labute approximate surface area is 132 Å². The number of hydrogen-bond donors (Lipinski definition) is 2. The second kappa shape index (κ2) is 7.03. The van der Waals surface area contributed by atoms with E-state index in [0.717, 1.165) is 0 Å². The van der Waals surface area contributed by atoms with Gasteiger partial charge in [-0.1, -0.05) is 12.2 Å². The summed E-state index contributed by atoms with van der Waals surface area (Å²) in [5.41, 5.74) is -1.01. The number of alkyl carbamates (subject to hydrolysis) is 2. The van der Waals surface area contributed by atoms with Crippen LogP contribution < -0.4 is 10.6 Å². The fourth-order valence-electron chi connectivity index (χ4n) is 1.89. The molecule has 2 atom stereocenters. The van der Waals surface area contributed by atoms with E-state index in [1.165, 1.54) is 0 Å². The standard InChI is InChI=1S/C16H28N2O4/c1-15(2,3)21-13(19)17-9-11-7-8-12(11)10-18-14(20)22-16(4,5)6/h7-8,11-12H,9-10H2,1-6H3,(H,17,19)(H,18,20)/t11-,12+. The summed E-state index contributed by atoms with van der Waals surface area (Å²) in [6, 6.07) is 0. The molecule has 0 bridgehead atoms. The molecule has 6 heteroatoms. The lowest BCUT2D eigenvalue weighted by molar-refractivity contribution is 0.0491. The number of carbonyl (C=O) groups is 2. The topological polar surface area (TPSA) is 76.7 Å². The minimum absolute atomic E-state index is 0.197. The Morgan fingerprint density at radius 3 is 1.36 bits per heavy atom. The molecule has 22 heavy (non-hydrogen) atoms. The molecule has 2 amide bonds. The van der Waals surface area contributed by atoms with E-state index in [2.05, 4.69) is 10.6 Å². The number of carbonyl (C=O) groups excluding carboxylic acids is 2. The van der Waals surface area contributed by atoms with Crippen LogP contribution in [0.4, 0.5) is 9.59 Å². The third-order valence-corrected chi connectivity index (χ3v) is 2.92. The van der Waals surface area contributed by atoms with Crippen LogP contribution in [-0.4, -0.2) is 36.5 Å². The van der Waals surface area contributed by atoms with Crippen molar-refractivity contribution >= 4 is 12.2 Å². The lowest BCUT2D eigenvalue weighted by Crippen LogP contribution is -2.42. The molecular formula is C16H28N2O4. The monoisotopic (exact) mass is 312 g/mol. The van der Waals surface area contributed by atoms with Crippen molar-refractivity contribution in [3.8, 4) is 0 Å². The molecule has 0 saturated carbocycles. The van der Waals surface area contributed by atoms with Gasteiger partial charge >= 0.3 is 12.2 Å². The van der Waals surface area contributed by atoms with Crippen LogP contribution in [-0.2, 0) is 9.47 Å². The molecule has 0 aromatic carbocycles. The number of nitrogens with one attached hydrogen (secondary N) is 2. The molecule has 0 heterocycles. The normalized spacial score (nSPS) is 20.8. The van der Waals surface area contributed by atoms with Gasteiger partial charge in [0.15, 0.2) is 0 Å². The summed E-state index contributed by atoms with van der Waals surface area (Å²) >= 11 is 0. The molecule has 0 radical (unpaired) electrons. The van der Waals surface area contributed by atoms with Crippen molar-refractivity contribution in [2.45, 2.75) is 52.7 Å². The Balaban J connectivity index is 2.25. The first-order valence-electron chi connectivity index (χ1n) is 7.58. The van der Waals surface area contributed by atoms with Crippen molar-refractivity contribution in [3.05, 3.63) is 12.2 Å². The minimum atomic E-state index is -0.503. The van der Waals surface area contributed by atoms with Gasteiger partial charge in [-0.15, -0.1) is 0 Å². The SMILES string of the molecule is CC(C)(C)OC(=O)NC[C@H]1C=C[C@H]1CNC(=O)OC(C)(C)C. The maximum Gasteiger partial charge on any atom is 0.407 e. The van der Waals surface area contributed by atoms with Crippen LogP contribution in [0.3, 0.4) is 0 Å². The highest BCUT2D eigenvalue weighted by Gasteiger charge is 2.26. The Bertz CT molecular complexity index is 392. The Hall–Kier alpha value is -1.72. The lowest BCUT2D eigenvalue weighted by Gasteiger charge is -2.30. The summed E-state index contributed by atoms with van der Waals surface area (Å²) in [6.07, 6.45) is 3.18. The molecule has 2 N–H and O–H groups in total. The molecule has 6 nitrogen and oxygen atoms in total. The average Bonchev–Trinajstić information content (AvgIpc) is 2.22. The van der Waals surface area contributed by atoms with Crippen molar-refractivity contribution in [2.75, 3.05) is 13.1 Å². The number of amides is 2. The summed E-state index contributed by atoms with van der Waals surface area (Å²) in [7, 11) is 0. The Morgan fingerprint density at radius 1 is 0.818 bits per heavy atom. The van der Waals surface area contributed by atoms with Crippen molar-refractivity contribution in [2.24, 2.45) is 11.8 Å². The van der Waals surface area contributed by atoms with Crippen LogP contribution in [0.2, 0.25) is 0 Å². The molecule has 0 fully saturated rings. The summed E-state index contributed by atoms with van der Waals surface area (Å²) in [6.45, 7) is 11.9. The maximum absolute atomic E-state index is 11.6. The largest absolute Gasteiger partial charge is 0.444 e. The van der Waals surface area contributed by atoms with Crippen molar-refractivity contribution in [1.82, 2.24) is 10.6 Å². The van der Waals surface area contributed by atoms with Crippen molar-refractivity contribution < 1.29 is 19.1 Å². The van der Waals surface area contributed by atoms with Crippen LogP contribution in [0.25, 0.3) is 0 Å². The van der Waals surface area contributed by atoms with E-state index in [4.69, 9.17) is 9.47 Å². The molecule has 126 valence electrons. The molecule has 0 saturated heterocycles. The molecule has 0 aliphatic heterocycles. The van der Waals surface area contributed by atoms with Gasteiger partial charge in [0.05, 0.1) is 0 Å². The fraction of sp³-hybridized carbons (Fsp3) is 0.750. The highest BCUT2D eigenvalue weighted by molar-refractivity contribution is 5.68. The van der Waals surface area contributed by atoms with Gasteiger partial charge in [0.2, 0.25) is 0 Å². The lowest BCUT2D eigenvalue weighted by atomic mass is 9.82. The molecule has 0 aromatic heterocycles. The third-order valence-electron chi connectivity index (χ3n) is 2.92. The molecule has 1 rings (SSSR count). The van der Waals surface area contributed by atoms with Crippen LogP contribution in [0.15, 0.2) is 12.2 Å². The molecular weight excluding hydrogens is 284 g/mol. The van der Waals surface area contributed by atoms with Crippen molar-refractivity contribution in [1.29, 1.82) is 0 Å². The van der Waals surface area contributed by atoms with Gasteiger partial charge in [-0.05, 0) is 41.5 Å². The minimum Gasteiger partial charge on any atom is -0.444 e. The zero-order chi connectivity index (χ0) is 17.0. The van der Waals surface area contributed by atoms with E-state index < -0.39 is 23.4 Å². The van der Waals surface area contributed by atoms with Gasteiger partial charge in [-0.25, -0.2) is 9.59 Å². The highest BCUT2D eigenvalue weighted by atomic mass is 16.6. The summed E-state index contributed by atoms with van der Waals surface area (Å²) in [5.74, 6) is 0.393. The van der Waals surface area contributed by atoms with Gasteiger partial charge in [0.25, 0.3) is 0 Å². The predicted molar refractivity (Wildman–Crippen MR) is 84.6 cm³/mol. The first-order chi connectivity index (χ1) is 9.96. The zero-order valence-electron chi connectivity index (χ0n) is 14.4. The number of rotatable bonds is 4. The second-order valence-electron chi connectivity index (χ2n) is 7.48. The van der Waals surface area contributed by atoms with Gasteiger partial charge in [0.1, 0.15) is 11.2 Å². The van der Waals surface area contributed by atoms with Crippen LogP contribution in [0.1, 0.15) is 41.5 Å². The van der Waals surface area contributed by atoms with E-state index >= 15 is 0 Å². The van der Waals surface area contributed by atoms with Gasteiger partial charge in [0, 0.05) is 24.9 Å². The first-order valence-corrected chi connectivity index (χ1v) is 7.58. The summed E-state index contributed by atoms with van der Waals surface area (Å²) in [4.78, 5) is 23.2. The van der Waals surface area contributed by atoms with Gasteiger partial charge in [-0.3, -0.25) is 0 Å². The van der Waals surface area contributed by atoms with Crippen LogP contribution >= 0.6 is 0 Å². The van der Waals surface area contributed by atoms with Gasteiger partial charge < -0.3 is 20.1 Å². The smallest absolute Gasteiger partial charge is 0.407 e. The van der Waals surface area contributed by atoms with E-state index in [1.807, 2.05) is 53.7 Å². The van der Waals surface area contributed by atoms with E-state index in [1.54, 1.807) is 0 Å². The van der Waals surface area contributed by atoms with E-state index in [-0.39, 0.29) is 11.8 Å². The average molecular weight is 312 g/mol. The quantitative estimate of drug-likeness (QED) is 0.783. The highest BCUT2D eigenvalue weighted by Crippen LogP contribution is 2.24. The molecule has 1 aliphatic rings. The Morgan fingerprint density at radius 2 is 1.14 bits per heavy atom. The first kappa shape index (κ1) is 18.3. The molecule has 0 unspecified atom stereocenters. The second-order valence-corrected chi connectivity index (χ2v) is 7.48. The van der Waals surface area contributed by atoms with Crippen LogP contribution in [0, 0.1) is 11.8 Å². The van der Waals surface area contributed by atoms with Crippen LogP contribution in [0.5, 0.6) is 0 Å².